The van der Waals surface area contributed by atoms with Crippen LogP contribution in [0.1, 0.15) is 17.2 Å². The molecule has 0 spiro atoms. The van der Waals surface area contributed by atoms with E-state index in [-0.39, 0.29) is 17.5 Å². The molecule has 0 aliphatic carbocycles. The predicted octanol–water partition coefficient (Wildman–Crippen LogP) is 4.50. The zero-order valence-electron chi connectivity index (χ0n) is 13.8. The highest BCUT2D eigenvalue weighted by atomic mass is 35.5. The van der Waals surface area contributed by atoms with Gasteiger partial charge in [-0.2, -0.15) is 0 Å². The van der Waals surface area contributed by atoms with Crippen LogP contribution in [0.15, 0.2) is 66.7 Å². The van der Waals surface area contributed by atoms with Crippen LogP contribution < -0.4 is 5.32 Å². The lowest BCUT2D eigenvalue weighted by atomic mass is 10.0. The summed E-state index contributed by atoms with van der Waals surface area (Å²) < 4.78 is 13.0. The molecule has 5 heteroatoms. The molecule has 0 saturated carbocycles. The number of amides is 1. The maximum atomic E-state index is 13.0. The van der Waals surface area contributed by atoms with Gasteiger partial charge in [0.25, 0.3) is 0 Å². The Morgan fingerprint density at radius 3 is 2.62 bits per heavy atom. The molecule has 0 heterocycles. The van der Waals surface area contributed by atoms with Crippen LogP contribution in [0.4, 0.5) is 4.39 Å². The smallest absolute Gasteiger partial charge is 0.244 e. The average molecular weight is 370 g/mol. The topological polar surface area (TPSA) is 49.3 Å². The second-order valence-corrected chi connectivity index (χ2v) is 6.26. The van der Waals surface area contributed by atoms with Gasteiger partial charge < -0.3 is 10.4 Å². The van der Waals surface area contributed by atoms with Gasteiger partial charge in [0.05, 0.1) is 17.7 Å². The molecule has 26 heavy (non-hydrogen) atoms. The molecule has 0 fully saturated rings. The van der Waals surface area contributed by atoms with Crippen LogP contribution in [0, 0.1) is 5.82 Å². The van der Waals surface area contributed by atoms with Crippen molar-refractivity contribution in [2.24, 2.45) is 0 Å². The summed E-state index contributed by atoms with van der Waals surface area (Å²) in [6.07, 6.45) is 2.81. The SMILES string of the molecule is O=C(C=Cc1ccc(F)cc1Cl)N[C@@H](CO)c1ccc2ccccc2c1. The van der Waals surface area contributed by atoms with Gasteiger partial charge >= 0.3 is 0 Å². The molecule has 3 aromatic rings. The number of nitrogens with one attached hydrogen (secondary N) is 1. The van der Waals surface area contributed by atoms with Crippen molar-refractivity contribution in [1.29, 1.82) is 0 Å². The van der Waals surface area contributed by atoms with Gasteiger partial charge in [0.1, 0.15) is 5.82 Å². The second-order valence-electron chi connectivity index (χ2n) is 5.85. The summed E-state index contributed by atoms with van der Waals surface area (Å²) >= 11 is 5.93. The Morgan fingerprint density at radius 2 is 1.88 bits per heavy atom. The lowest BCUT2D eigenvalue weighted by Crippen LogP contribution is -2.29. The normalized spacial score (nSPS) is 12.4. The number of aliphatic hydroxyl groups excluding tert-OH is 1. The Labute approximate surface area is 155 Å². The van der Waals surface area contributed by atoms with Crippen LogP contribution in [0.3, 0.4) is 0 Å². The molecule has 1 amide bonds. The third kappa shape index (κ3) is 4.28. The Hall–Kier alpha value is -2.69. The van der Waals surface area contributed by atoms with Gasteiger partial charge in [0.15, 0.2) is 0 Å². The molecule has 0 unspecified atom stereocenters. The number of aliphatic hydroxyl groups is 1. The van der Waals surface area contributed by atoms with Crippen molar-refractivity contribution in [3.8, 4) is 0 Å². The number of hydrogen-bond acceptors (Lipinski definition) is 2. The van der Waals surface area contributed by atoms with Gasteiger partial charge in [-0.25, -0.2) is 4.39 Å². The number of halogens is 2. The van der Waals surface area contributed by atoms with Crippen molar-refractivity contribution in [3.63, 3.8) is 0 Å². The van der Waals surface area contributed by atoms with E-state index < -0.39 is 11.9 Å². The van der Waals surface area contributed by atoms with E-state index in [0.717, 1.165) is 16.3 Å². The fraction of sp³-hybridized carbons (Fsp3) is 0.0952. The van der Waals surface area contributed by atoms with Crippen LogP contribution in [0.2, 0.25) is 5.02 Å². The second kappa shape index (κ2) is 8.13. The van der Waals surface area contributed by atoms with Crippen molar-refractivity contribution in [2.45, 2.75) is 6.04 Å². The van der Waals surface area contributed by atoms with Gasteiger partial charge in [0, 0.05) is 6.08 Å². The molecule has 0 aromatic heterocycles. The fourth-order valence-electron chi connectivity index (χ4n) is 2.68. The highest BCUT2D eigenvalue weighted by molar-refractivity contribution is 6.32. The van der Waals surface area contributed by atoms with Crippen molar-refractivity contribution < 1.29 is 14.3 Å². The zero-order valence-corrected chi connectivity index (χ0v) is 14.6. The Bertz CT molecular complexity index is 971. The van der Waals surface area contributed by atoms with Crippen LogP contribution in [0.25, 0.3) is 16.8 Å². The highest BCUT2D eigenvalue weighted by Gasteiger charge is 2.12. The molecule has 1 atom stereocenters. The van der Waals surface area contributed by atoms with Crippen LogP contribution in [-0.2, 0) is 4.79 Å². The molecule has 132 valence electrons. The van der Waals surface area contributed by atoms with Crippen LogP contribution >= 0.6 is 11.6 Å². The quantitative estimate of drug-likeness (QED) is 0.651. The third-order valence-electron chi connectivity index (χ3n) is 4.05. The minimum Gasteiger partial charge on any atom is -0.394 e. The van der Waals surface area contributed by atoms with E-state index in [1.807, 2.05) is 42.5 Å². The Kier molecular flexibility index (Phi) is 5.66. The van der Waals surface area contributed by atoms with E-state index in [1.165, 1.54) is 30.4 Å². The predicted molar refractivity (Wildman–Crippen MR) is 102 cm³/mol. The molecule has 3 aromatic carbocycles. The van der Waals surface area contributed by atoms with Gasteiger partial charge in [0.2, 0.25) is 5.91 Å². The minimum absolute atomic E-state index is 0.224. The number of carbonyl (C=O) groups is 1. The molecular formula is C21H17ClFNO2. The first-order chi connectivity index (χ1) is 12.6. The number of benzene rings is 3. The fourth-order valence-corrected chi connectivity index (χ4v) is 2.91. The molecule has 3 rings (SSSR count). The molecule has 0 aliphatic heterocycles. The van der Waals surface area contributed by atoms with Gasteiger partial charge in [-0.15, -0.1) is 0 Å². The Morgan fingerprint density at radius 1 is 1.12 bits per heavy atom. The number of hydrogen-bond donors (Lipinski definition) is 2. The first-order valence-electron chi connectivity index (χ1n) is 8.10. The first-order valence-corrected chi connectivity index (χ1v) is 8.48. The summed E-state index contributed by atoms with van der Waals surface area (Å²) in [5, 5.41) is 14.8. The summed E-state index contributed by atoms with van der Waals surface area (Å²) in [6, 6.07) is 17.1. The molecule has 0 bridgehead atoms. The van der Waals surface area contributed by atoms with Crippen LogP contribution in [-0.4, -0.2) is 17.6 Å². The van der Waals surface area contributed by atoms with Crippen LogP contribution in [0.5, 0.6) is 0 Å². The minimum atomic E-state index is -0.527. The van der Waals surface area contributed by atoms with E-state index >= 15 is 0 Å². The standard InChI is InChI=1S/C21H17ClFNO2/c22-19-12-18(23)9-7-15(19)8-10-21(26)24-20(13-25)17-6-5-14-3-1-2-4-16(14)11-17/h1-12,20,25H,13H2,(H,24,26)/t20-/m0/s1. The Balaban J connectivity index is 1.74. The summed E-state index contributed by atoms with van der Waals surface area (Å²) in [5.41, 5.74) is 1.35. The number of fused-ring (bicyclic) bond motifs is 1. The van der Waals surface area contributed by atoms with Crippen molar-refractivity contribution in [2.75, 3.05) is 6.61 Å². The average Bonchev–Trinajstić information content (AvgIpc) is 2.65. The van der Waals surface area contributed by atoms with Gasteiger partial charge in [-0.3, -0.25) is 4.79 Å². The van der Waals surface area contributed by atoms with E-state index in [0.29, 0.717) is 5.56 Å². The molecule has 0 aliphatic rings. The summed E-state index contributed by atoms with van der Waals surface area (Å²) in [6.45, 7) is -0.227. The van der Waals surface area contributed by atoms with Crippen molar-refractivity contribution >= 4 is 34.4 Å². The largest absolute Gasteiger partial charge is 0.394 e. The molecule has 0 radical (unpaired) electrons. The van der Waals surface area contributed by atoms with E-state index in [9.17, 15) is 14.3 Å². The highest BCUT2D eigenvalue weighted by Crippen LogP contribution is 2.21. The molecule has 3 nitrogen and oxygen atoms in total. The number of rotatable bonds is 5. The zero-order chi connectivity index (χ0) is 18.5. The summed E-state index contributed by atoms with van der Waals surface area (Å²) in [7, 11) is 0. The molecule has 0 saturated heterocycles. The summed E-state index contributed by atoms with van der Waals surface area (Å²) in [4.78, 5) is 12.2. The van der Waals surface area contributed by atoms with Crippen molar-refractivity contribution in [3.05, 3.63) is 88.7 Å². The van der Waals surface area contributed by atoms with E-state index in [1.54, 1.807) is 0 Å². The molecular weight excluding hydrogens is 353 g/mol. The van der Waals surface area contributed by atoms with Gasteiger partial charge in [-0.1, -0.05) is 54.1 Å². The maximum Gasteiger partial charge on any atom is 0.244 e. The van der Waals surface area contributed by atoms with E-state index in [4.69, 9.17) is 11.6 Å². The third-order valence-corrected chi connectivity index (χ3v) is 4.38. The van der Waals surface area contributed by atoms with Crippen molar-refractivity contribution in [1.82, 2.24) is 5.32 Å². The maximum absolute atomic E-state index is 13.0. The van der Waals surface area contributed by atoms with E-state index in [2.05, 4.69) is 5.32 Å². The van der Waals surface area contributed by atoms with Gasteiger partial charge in [-0.05, 0) is 46.2 Å². The lowest BCUT2D eigenvalue weighted by molar-refractivity contribution is -0.117. The molecule has 2 N–H and O–H groups in total. The monoisotopic (exact) mass is 369 g/mol. The first kappa shape index (κ1) is 18.1. The lowest BCUT2D eigenvalue weighted by Gasteiger charge is -2.16. The number of carbonyl (C=O) groups excluding carboxylic acids is 1. The summed E-state index contributed by atoms with van der Waals surface area (Å²) in [5.74, 6) is -0.814.